The van der Waals surface area contributed by atoms with Gasteiger partial charge < -0.3 is 14.2 Å². The fraction of sp³-hybridized carbons (Fsp3) is 0.222. The predicted molar refractivity (Wildman–Crippen MR) is 92.1 cm³/mol. The Bertz CT molecular complexity index is 862. The van der Waals surface area contributed by atoms with Crippen LogP contribution in [0.4, 0.5) is 5.69 Å². The van der Waals surface area contributed by atoms with Crippen molar-refractivity contribution in [3.05, 3.63) is 60.2 Å². The molecule has 0 unspecified atom stereocenters. The zero-order valence-electron chi connectivity index (χ0n) is 14.2. The van der Waals surface area contributed by atoms with Gasteiger partial charge in [-0.25, -0.2) is 4.79 Å². The van der Waals surface area contributed by atoms with E-state index < -0.39 is 12.1 Å². The maximum Gasteiger partial charge on any atom is 0.338 e. The molecule has 128 valence electrons. The van der Waals surface area contributed by atoms with Gasteiger partial charge in [-0.05, 0) is 37.3 Å². The molecule has 7 heteroatoms. The minimum atomic E-state index is -0.659. The van der Waals surface area contributed by atoms with Crippen LogP contribution in [-0.2, 0) is 4.74 Å². The van der Waals surface area contributed by atoms with Gasteiger partial charge >= 0.3 is 5.97 Å². The van der Waals surface area contributed by atoms with E-state index in [0.29, 0.717) is 11.4 Å². The van der Waals surface area contributed by atoms with E-state index in [4.69, 9.17) is 9.26 Å². The van der Waals surface area contributed by atoms with Crippen molar-refractivity contribution in [3.8, 4) is 11.4 Å². The summed E-state index contributed by atoms with van der Waals surface area (Å²) in [4.78, 5) is 22.5. The van der Waals surface area contributed by atoms with Crippen LogP contribution in [0.5, 0.6) is 0 Å². The Kier molecular flexibility index (Phi) is 4.74. The Balaban J connectivity index is 1.72. The second-order valence-electron chi connectivity index (χ2n) is 5.69. The summed E-state index contributed by atoms with van der Waals surface area (Å²) in [6, 6.07) is 10.8. The number of pyridine rings is 1. The summed E-state index contributed by atoms with van der Waals surface area (Å²) in [5.41, 5.74) is 2.11. The number of nitrogens with zero attached hydrogens (tertiary/aromatic N) is 4. The lowest BCUT2D eigenvalue weighted by Crippen LogP contribution is -2.12. The third kappa shape index (κ3) is 3.82. The second-order valence-corrected chi connectivity index (χ2v) is 5.69. The first-order valence-electron chi connectivity index (χ1n) is 7.77. The minimum Gasteiger partial charge on any atom is -0.449 e. The molecular weight excluding hydrogens is 320 g/mol. The Hall–Kier alpha value is -3.22. The topological polar surface area (TPSA) is 81.4 Å². The van der Waals surface area contributed by atoms with Crippen LogP contribution in [0.1, 0.15) is 29.3 Å². The Morgan fingerprint density at radius 1 is 1.24 bits per heavy atom. The van der Waals surface area contributed by atoms with Gasteiger partial charge in [0.05, 0.1) is 5.56 Å². The molecule has 25 heavy (non-hydrogen) atoms. The number of ether oxygens (including phenoxy) is 1. The zero-order valence-corrected chi connectivity index (χ0v) is 14.2. The first-order valence-corrected chi connectivity index (χ1v) is 7.77. The molecule has 0 amide bonds. The number of anilines is 1. The molecule has 0 saturated carbocycles. The van der Waals surface area contributed by atoms with Crippen LogP contribution in [-0.4, -0.2) is 35.2 Å². The number of aromatic nitrogens is 3. The summed E-state index contributed by atoms with van der Waals surface area (Å²) >= 11 is 0. The van der Waals surface area contributed by atoms with Crippen molar-refractivity contribution in [2.24, 2.45) is 0 Å². The van der Waals surface area contributed by atoms with Gasteiger partial charge in [0.1, 0.15) is 0 Å². The lowest BCUT2D eigenvalue weighted by molar-refractivity contribution is 0.0265. The number of benzene rings is 1. The van der Waals surface area contributed by atoms with Gasteiger partial charge in [-0.1, -0.05) is 11.2 Å². The van der Waals surface area contributed by atoms with Crippen LogP contribution in [0.25, 0.3) is 11.4 Å². The van der Waals surface area contributed by atoms with E-state index in [1.807, 2.05) is 37.2 Å². The molecule has 0 aliphatic carbocycles. The summed E-state index contributed by atoms with van der Waals surface area (Å²) in [5.74, 6) is 0.189. The van der Waals surface area contributed by atoms with E-state index in [0.717, 1.165) is 11.3 Å². The van der Waals surface area contributed by atoms with Gasteiger partial charge in [0, 0.05) is 37.7 Å². The molecule has 0 fully saturated rings. The van der Waals surface area contributed by atoms with E-state index in [2.05, 4.69) is 15.1 Å². The molecule has 1 atom stereocenters. The van der Waals surface area contributed by atoms with Crippen LogP contribution < -0.4 is 4.90 Å². The van der Waals surface area contributed by atoms with Crippen molar-refractivity contribution in [3.63, 3.8) is 0 Å². The fourth-order valence-corrected chi connectivity index (χ4v) is 2.20. The van der Waals surface area contributed by atoms with Gasteiger partial charge in [-0.2, -0.15) is 4.98 Å². The highest BCUT2D eigenvalue weighted by Gasteiger charge is 2.20. The molecule has 0 spiro atoms. The van der Waals surface area contributed by atoms with Crippen molar-refractivity contribution < 1.29 is 14.1 Å². The van der Waals surface area contributed by atoms with Crippen LogP contribution in [0, 0.1) is 0 Å². The lowest BCUT2D eigenvalue weighted by atomic mass is 10.2. The fourth-order valence-electron chi connectivity index (χ4n) is 2.20. The summed E-state index contributed by atoms with van der Waals surface area (Å²) in [7, 11) is 3.82. The third-order valence-electron chi connectivity index (χ3n) is 3.59. The van der Waals surface area contributed by atoms with E-state index in [1.54, 1.807) is 37.5 Å². The first kappa shape index (κ1) is 16.6. The normalized spacial score (nSPS) is 11.8. The van der Waals surface area contributed by atoms with Gasteiger partial charge in [0.2, 0.25) is 5.82 Å². The molecule has 0 N–H and O–H groups in total. The maximum absolute atomic E-state index is 12.3. The number of carbonyl (C=O) groups is 1. The number of esters is 1. The summed E-state index contributed by atoms with van der Waals surface area (Å²) < 4.78 is 10.6. The monoisotopic (exact) mass is 338 g/mol. The van der Waals surface area contributed by atoms with Crippen LogP contribution in [0.15, 0.2) is 53.3 Å². The van der Waals surface area contributed by atoms with Crippen molar-refractivity contribution in [1.82, 2.24) is 15.1 Å². The zero-order chi connectivity index (χ0) is 17.8. The van der Waals surface area contributed by atoms with Crippen LogP contribution >= 0.6 is 0 Å². The molecule has 3 rings (SSSR count). The van der Waals surface area contributed by atoms with E-state index in [-0.39, 0.29) is 5.89 Å². The van der Waals surface area contributed by atoms with Crippen molar-refractivity contribution in [2.75, 3.05) is 19.0 Å². The number of hydrogen-bond donors (Lipinski definition) is 0. The molecule has 3 aromatic rings. The number of rotatable bonds is 5. The molecule has 2 aromatic heterocycles. The van der Waals surface area contributed by atoms with Crippen molar-refractivity contribution in [2.45, 2.75) is 13.0 Å². The van der Waals surface area contributed by atoms with Gasteiger partial charge in [0.15, 0.2) is 6.10 Å². The SMILES string of the molecule is C[C@H](OC(=O)c1cccc(N(C)C)c1)c1nc(-c2cccnc2)no1. The molecule has 0 aliphatic rings. The quantitative estimate of drug-likeness (QED) is 0.661. The average Bonchev–Trinajstić information content (AvgIpc) is 3.13. The van der Waals surface area contributed by atoms with Crippen LogP contribution in [0.3, 0.4) is 0 Å². The van der Waals surface area contributed by atoms with Crippen molar-refractivity contribution >= 4 is 11.7 Å². The highest BCUT2D eigenvalue weighted by Crippen LogP contribution is 2.22. The third-order valence-corrected chi connectivity index (χ3v) is 3.59. The van der Waals surface area contributed by atoms with Gasteiger partial charge in [0.25, 0.3) is 5.89 Å². The predicted octanol–water partition coefficient (Wildman–Crippen LogP) is 3.12. The molecule has 2 heterocycles. The highest BCUT2D eigenvalue weighted by molar-refractivity contribution is 5.90. The minimum absolute atomic E-state index is 0.232. The van der Waals surface area contributed by atoms with Crippen LogP contribution in [0.2, 0.25) is 0 Å². The molecule has 0 bridgehead atoms. The van der Waals surface area contributed by atoms with Gasteiger partial charge in [-0.3, -0.25) is 4.98 Å². The molecule has 7 nitrogen and oxygen atoms in total. The number of carbonyl (C=O) groups excluding carboxylic acids is 1. The molecule has 1 aromatic carbocycles. The second kappa shape index (κ2) is 7.12. The van der Waals surface area contributed by atoms with Gasteiger partial charge in [-0.15, -0.1) is 0 Å². The first-order chi connectivity index (χ1) is 12.0. The molecular formula is C18H18N4O3. The number of hydrogen-bond acceptors (Lipinski definition) is 7. The molecule has 0 saturated heterocycles. The van der Waals surface area contributed by atoms with E-state index in [1.165, 1.54) is 0 Å². The van der Waals surface area contributed by atoms with E-state index in [9.17, 15) is 4.79 Å². The Morgan fingerprint density at radius 3 is 2.80 bits per heavy atom. The largest absolute Gasteiger partial charge is 0.449 e. The smallest absolute Gasteiger partial charge is 0.338 e. The summed E-state index contributed by atoms with van der Waals surface area (Å²) in [6.45, 7) is 1.69. The summed E-state index contributed by atoms with van der Waals surface area (Å²) in [5, 5.41) is 3.90. The standard InChI is InChI=1S/C18H18N4O3/c1-12(17-20-16(21-25-17)14-7-5-9-19-11-14)24-18(23)13-6-4-8-15(10-13)22(2)3/h4-12H,1-3H3/t12-/m0/s1. The lowest BCUT2D eigenvalue weighted by Gasteiger charge is -2.14. The van der Waals surface area contributed by atoms with Crippen molar-refractivity contribution in [1.29, 1.82) is 0 Å². The average molecular weight is 338 g/mol. The van der Waals surface area contributed by atoms with E-state index >= 15 is 0 Å². The maximum atomic E-state index is 12.3. The summed E-state index contributed by atoms with van der Waals surface area (Å²) in [6.07, 6.45) is 2.64. The Morgan fingerprint density at radius 2 is 2.08 bits per heavy atom. The highest BCUT2D eigenvalue weighted by atomic mass is 16.6. The Labute approximate surface area is 145 Å². The molecule has 0 radical (unpaired) electrons. The molecule has 0 aliphatic heterocycles.